The zero-order valence-electron chi connectivity index (χ0n) is 14.7. The van der Waals surface area contributed by atoms with E-state index in [1.807, 2.05) is 58.0 Å². The van der Waals surface area contributed by atoms with Crippen LogP contribution in [0.5, 0.6) is 0 Å². The quantitative estimate of drug-likeness (QED) is 0.887. The first kappa shape index (κ1) is 18.1. The molecule has 0 aliphatic carbocycles. The lowest BCUT2D eigenvalue weighted by atomic mass is 9.75. The zero-order chi connectivity index (χ0) is 18.0. The van der Waals surface area contributed by atoms with E-state index in [0.29, 0.717) is 13.0 Å². The van der Waals surface area contributed by atoms with Gasteiger partial charge in [-0.05, 0) is 24.3 Å². The van der Waals surface area contributed by atoms with Gasteiger partial charge < -0.3 is 20.1 Å². The highest BCUT2D eigenvalue weighted by atomic mass is 16.5. The number of carbonyl (C=O) groups excluding carboxylic acids is 1. The standard InChI is InChI=1S/C18H26N2O4/c1-17(2,3)14-18(4,10-11-20(14)16(22)23)19-15(21)24-12-13-8-6-5-7-9-13/h5-9,14H,10-12H2,1-4H3,(H,19,21)(H,22,23). The highest BCUT2D eigenvalue weighted by Crippen LogP contribution is 2.39. The Morgan fingerprint density at radius 3 is 2.50 bits per heavy atom. The molecule has 1 aromatic carbocycles. The van der Waals surface area contributed by atoms with E-state index in [-0.39, 0.29) is 18.1 Å². The minimum atomic E-state index is -0.960. The summed E-state index contributed by atoms with van der Waals surface area (Å²) in [5.74, 6) is 0. The fourth-order valence-electron chi connectivity index (χ4n) is 3.71. The summed E-state index contributed by atoms with van der Waals surface area (Å²) >= 11 is 0. The summed E-state index contributed by atoms with van der Waals surface area (Å²) in [6.45, 7) is 8.41. The number of hydrogen-bond acceptors (Lipinski definition) is 3. The predicted molar refractivity (Wildman–Crippen MR) is 90.8 cm³/mol. The van der Waals surface area contributed by atoms with Crippen molar-refractivity contribution in [3.8, 4) is 0 Å². The van der Waals surface area contributed by atoms with Gasteiger partial charge in [0.05, 0.1) is 11.6 Å². The molecule has 2 atom stereocenters. The van der Waals surface area contributed by atoms with Crippen molar-refractivity contribution in [1.29, 1.82) is 0 Å². The van der Waals surface area contributed by atoms with E-state index >= 15 is 0 Å². The third kappa shape index (κ3) is 3.99. The van der Waals surface area contributed by atoms with Gasteiger partial charge in [0, 0.05) is 6.54 Å². The van der Waals surface area contributed by atoms with E-state index in [1.165, 1.54) is 4.90 Å². The van der Waals surface area contributed by atoms with Crippen LogP contribution in [-0.2, 0) is 11.3 Å². The van der Waals surface area contributed by atoms with E-state index in [4.69, 9.17) is 4.74 Å². The molecule has 1 aliphatic heterocycles. The van der Waals surface area contributed by atoms with Crippen molar-refractivity contribution in [3.63, 3.8) is 0 Å². The molecule has 1 fully saturated rings. The number of benzene rings is 1. The first-order valence-corrected chi connectivity index (χ1v) is 8.12. The second-order valence-corrected chi connectivity index (χ2v) is 7.60. The summed E-state index contributed by atoms with van der Waals surface area (Å²) < 4.78 is 5.30. The molecule has 0 spiro atoms. The van der Waals surface area contributed by atoms with Crippen LogP contribution < -0.4 is 5.32 Å². The average molecular weight is 334 g/mol. The summed E-state index contributed by atoms with van der Waals surface area (Å²) in [5, 5.41) is 12.3. The van der Waals surface area contributed by atoms with Crippen LogP contribution in [0.4, 0.5) is 9.59 Å². The lowest BCUT2D eigenvalue weighted by Crippen LogP contribution is -2.60. The van der Waals surface area contributed by atoms with Crippen LogP contribution in [0.2, 0.25) is 0 Å². The van der Waals surface area contributed by atoms with Gasteiger partial charge in [-0.3, -0.25) is 0 Å². The molecule has 6 nitrogen and oxygen atoms in total. The van der Waals surface area contributed by atoms with Crippen molar-refractivity contribution in [2.45, 2.75) is 52.3 Å². The molecule has 2 unspecified atom stereocenters. The Hall–Kier alpha value is -2.24. The number of rotatable bonds is 3. The summed E-state index contributed by atoms with van der Waals surface area (Å²) in [6, 6.07) is 9.11. The van der Waals surface area contributed by atoms with Gasteiger partial charge >= 0.3 is 12.2 Å². The molecule has 1 heterocycles. The van der Waals surface area contributed by atoms with E-state index in [0.717, 1.165) is 5.56 Å². The molecular formula is C18H26N2O4. The van der Waals surface area contributed by atoms with Crippen molar-refractivity contribution in [2.75, 3.05) is 6.54 Å². The maximum atomic E-state index is 12.2. The second-order valence-electron chi connectivity index (χ2n) is 7.60. The zero-order valence-corrected chi connectivity index (χ0v) is 14.7. The fraction of sp³-hybridized carbons (Fsp3) is 0.556. The van der Waals surface area contributed by atoms with E-state index in [9.17, 15) is 14.7 Å². The Morgan fingerprint density at radius 1 is 1.33 bits per heavy atom. The molecule has 0 aromatic heterocycles. The van der Waals surface area contributed by atoms with Gasteiger partial charge in [-0.2, -0.15) is 0 Å². The first-order valence-electron chi connectivity index (χ1n) is 8.12. The Bertz CT molecular complexity index is 597. The molecule has 24 heavy (non-hydrogen) atoms. The molecular weight excluding hydrogens is 308 g/mol. The van der Waals surface area contributed by atoms with Crippen molar-refractivity contribution >= 4 is 12.2 Å². The molecule has 132 valence electrons. The van der Waals surface area contributed by atoms with Crippen LogP contribution in [0.15, 0.2) is 30.3 Å². The fourth-order valence-corrected chi connectivity index (χ4v) is 3.71. The van der Waals surface area contributed by atoms with Crippen molar-refractivity contribution in [1.82, 2.24) is 10.2 Å². The number of carboxylic acid groups (broad SMARTS) is 1. The Balaban J connectivity index is 2.05. The van der Waals surface area contributed by atoms with Crippen LogP contribution in [0, 0.1) is 5.41 Å². The highest BCUT2D eigenvalue weighted by Gasteiger charge is 2.52. The maximum Gasteiger partial charge on any atom is 0.407 e. The lowest BCUT2D eigenvalue weighted by Gasteiger charge is -2.42. The number of alkyl carbamates (subject to hydrolysis) is 1. The molecule has 1 aliphatic rings. The summed E-state index contributed by atoms with van der Waals surface area (Å²) in [7, 11) is 0. The van der Waals surface area contributed by atoms with Gasteiger partial charge in [-0.1, -0.05) is 51.1 Å². The van der Waals surface area contributed by atoms with Gasteiger partial charge in [-0.25, -0.2) is 9.59 Å². The van der Waals surface area contributed by atoms with E-state index in [1.54, 1.807) is 0 Å². The summed E-state index contributed by atoms with van der Waals surface area (Å²) in [5.41, 5.74) is -0.0652. The predicted octanol–water partition coefficient (Wildman–Crippen LogP) is 3.47. The Kier molecular flexibility index (Phi) is 5.06. The van der Waals surface area contributed by atoms with Gasteiger partial charge in [0.1, 0.15) is 6.61 Å². The smallest absolute Gasteiger partial charge is 0.407 e. The van der Waals surface area contributed by atoms with Crippen LogP contribution in [-0.4, -0.2) is 40.3 Å². The lowest BCUT2D eigenvalue weighted by molar-refractivity contribution is 0.0692. The maximum absolute atomic E-state index is 12.2. The number of hydrogen-bond donors (Lipinski definition) is 2. The second kappa shape index (κ2) is 6.71. The van der Waals surface area contributed by atoms with Crippen LogP contribution in [0.3, 0.4) is 0 Å². The highest BCUT2D eigenvalue weighted by molar-refractivity contribution is 5.70. The average Bonchev–Trinajstić information content (AvgIpc) is 2.84. The third-order valence-electron chi connectivity index (χ3n) is 4.45. The van der Waals surface area contributed by atoms with Crippen LogP contribution >= 0.6 is 0 Å². The van der Waals surface area contributed by atoms with Gasteiger partial charge in [-0.15, -0.1) is 0 Å². The molecule has 1 aromatic rings. The van der Waals surface area contributed by atoms with Crippen LogP contribution in [0.1, 0.15) is 39.7 Å². The molecule has 2 amide bonds. The minimum Gasteiger partial charge on any atom is -0.465 e. The Morgan fingerprint density at radius 2 is 1.96 bits per heavy atom. The number of likely N-dealkylation sites (tertiary alicyclic amines) is 1. The van der Waals surface area contributed by atoms with Gasteiger partial charge in [0.2, 0.25) is 0 Å². The molecule has 2 rings (SSSR count). The van der Waals surface area contributed by atoms with Crippen molar-refractivity contribution in [2.24, 2.45) is 5.41 Å². The largest absolute Gasteiger partial charge is 0.465 e. The van der Waals surface area contributed by atoms with Crippen molar-refractivity contribution in [3.05, 3.63) is 35.9 Å². The molecule has 6 heteroatoms. The van der Waals surface area contributed by atoms with E-state index < -0.39 is 17.7 Å². The molecule has 0 radical (unpaired) electrons. The van der Waals surface area contributed by atoms with Crippen molar-refractivity contribution < 1.29 is 19.4 Å². The normalized spacial score (nSPS) is 23.8. The molecule has 1 saturated heterocycles. The molecule has 0 saturated carbocycles. The number of carbonyl (C=O) groups is 2. The Labute approximate surface area is 142 Å². The molecule has 2 N–H and O–H groups in total. The number of ether oxygens (including phenoxy) is 1. The minimum absolute atomic E-state index is 0.186. The summed E-state index contributed by atoms with van der Waals surface area (Å²) in [6.07, 6.45) is -0.928. The van der Waals surface area contributed by atoms with Gasteiger partial charge in [0.15, 0.2) is 0 Å². The number of amides is 2. The third-order valence-corrected chi connectivity index (χ3v) is 4.45. The number of nitrogens with one attached hydrogen (secondary N) is 1. The monoisotopic (exact) mass is 334 g/mol. The first-order chi connectivity index (χ1) is 11.1. The number of nitrogens with zero attached hydrogens (tertiary/aromatic N) is 1. The van der Waals surface area contributed by atoms with E-state index in [2.05, 4.69) is 5.32 Å². The topological polar surface area (TPSA) is 78.9 Å². The SMILES string of the molecule is CC(C)(C)C1N(C(=O)O)CCC1(C)NC(=O)OCc1ccccc1. The van der Waals surface area contributed by atoms with Crippen LogP contribution in [0.25, 0.3) is 0 Å². The molecule has 0 bridgehead atoms. The van der Waals surface area contributed by atoms with Gasteiger partial charge in [0.25, 0.3) is 0 Å². The summed E-state index contributed by atoms with van der Waals surface area (Å²) in [4.78, 5) is 25.2.